The first-order valence-corrected chi connectivity index (χ1v) is 10.3. The molecule has 1 aromatic carbocycles. The minimum absolute atomic E-state index is 0.0236. The average Bonchev–Trinajstić information content (AvgIpc) is 3.11. The van der Waals surface area contributed by atoms with Gasteiger partial charge in [-0.2, -0.15) is 0 Å². The molecule has 25 heavy (non-hydrogen) atoms. The second-order valence-electron chi connectivity index (χ2n) is 6.90. The molecule has 0 fully saturated rings. The van der Waals surface area contributed by atoms with Gasteiger partial charge in [-0.3, -0.25) is 0 Å². The SMILES string of the molecule is CCOc1c(C(C)CC)cc(-c2csc(C(C)N)n2)cc1C(C)CC. The van der Waals surface area contributed by atoms with Gasteiger partial charge >= 0.3 is 0 Å². The van der Waals surface area contributed by atoms with Gasteiger partial charge in [-0.05, 0) is 61.8 Å². The van der Waals surface area contributed by atoms with E-state index in [0.717, 1.165) is 29.3 Å². The molecule has 0 bridgehead atoms. The Morgan fingerprint density at radius 2 is 1.60 bits per heavy atom. The molecular weight excluding hydrogens is 328 g/mol. The van der Waals surface area contributed by atoms with E-state index in [0.29, 0.717) is 18.4 Å². The van der Waals surface area contributed by atoms with Crippen molar-refractivity contribution in [2.45, 2.75) is 72.3 Å². The van der Waals surface area contributed by atoms with Crippen molar-refractivity contribution in [2.75, 3.05) is 6.61 Å². The molecule has 0 radical (unpaired) electrons. The van der Waals surface area contributed by atoms with Crippen LogP contribution in [0.2, 0.25) is 0 Å². The Balaban J connectivity index is 2.63. The topological polar surface area (TPSA) is 48.1 Å². The molecule has 0 aliphatic carbocycles. The Hall–Kier alpha value is -1.39. The predicted octanol–water partition coefficient (Wildman–Crippen LogP) is 6.26. The van der Waals surface area contributed by atoms with Gasteiger partial charge in [0.1, 0.15) is 10.8 Å². The van der Waals surface area contributed by atoms with Gasteiger partial charge in [0.2, 0.25) is 0 Å². The van der Waals surface area contributed by atoms with Crippen molar-refractivity contribution in [1.82, 2.24) is 4.98 Å². The zero-order chi connectivity index (χ0) is 18.6. The fourth-order valence-electron chi connectivity index (χ4n) is 2.93. The molecule has 3 unspecified atom stereocenters. The number of rotatable bonds is 8. The largest absolute Gasteiger partial charge is 0.493 e. The van der Waals surface area contributed by atoms with Crippen LogP contribution in [-0.2, 0) is 0 Å². The molecule has 138 valence electrons. The maximum atomic E-state index is 6.11. The summed E-state index contributed by atoms with van der Waals surface area (Å²) in [6.07, 6.45) is 2.18. The summed E-state index contributed by atoms with van der Waals surface area (Å²) in [6.45, 7) is 13.7. The van der Waals surface area contributed by atoms with Gasteiger partial charge in [-0.25, -0.2) is 4.98 Å². The maximum Gasteiger partial charge on any atom is 0.126 e. The van der Waals surface area contributed by atoms with E-state index in [1.54, 1.807) is 11.3 Å². The highest BCUT2D eigenvalue weighted by molar-refractivity contribution is 7.10. The monoisotopic (exact) mass is 360 g/mol. The number of thiazole rings is 1. The zero-order valence-corrected chi connectivity index (χ0v) is 17.2. The molecule has 0 amide bonds. The van der Waals surface area contributed by atoms with Crippen molar-refractivity contribution in [3.8, 4) is 17.0 Å². The Morgan fingerprint density at radius 3 is 2.00 bits per heavy atom. The van der Waals surface area contributed by atoms with Crippen LogP contribution in [0.15, 0.2) is 17.5 Å². The second kappa shape index (κ2) is 8.81. The average molecular weight is 361 g/mol. The van der Waals surface area contributed by atoms with Gasteiger partial charge in [0.15, 0.2) is 0 Å². The molecule has 3 atom stereocenters. The van der Waals surface area contributed by atoms with Gasteiger partial charge in [-0.1, -0.05) is 27.7 Å². The Morgan fingerprint density at radius 1 is 1.04 bits per heavy atom. The molecule has 1 heterocycles. The minimum atomic E-state index is -0.0236. The third kappa shape index (κ3) is 4.42. The predicted molar refractivity (Wildman–Crippen MR) is 109 cm³/mol. The maximum absolute atomic E-state index is 6.11. The Kier molecular flexibility index (Phi) is 7.03. The smallest absolute Gasteiger partial charge is 0.126 e. The number of ether oxygens (including phenoxy) is 1. The lowest BCUT2D eigenvalue weighted by atomic mass is 9.87. The Labute approximate surface area is 156 Å². The quantitative estimate of drug-likeness (QED) is 0.605. The Bertz CT molecular complexity index is 662. The van der Waals surface area contributed by atoms with Crippen molar-refractivity contribution in [3.63, 3.8) is 0 Å². The van der Waals surface area contributed by atoms with E-state index in [1.807, 2.05) is 6.92 Å². The van der Waals surface area contributed by atoms with Crippen molar-refractivity contribution in [2.24, 2.45) is 5.73 Å². The van der Waals surface area contributed by atoms with Crippen molar-refractivity contribution >= 4 is 11.3 Å². The fraction of sp³-hybridized carbons (Fsp3) is 0.571. The highest BCUT2D eigenvalue weighted by Crippen LogP contribution is 2.41. The highest BCUT2D eigenvalue weighted by Gasteiger charge is 2.21. The molecule has 0 aliphatic rings. The number of hydrogen-bond acceptors (Lipinski definition) is 4. The molecular formula is C21H32N2OS. The summed E-state index contributed by atoms with van der Waals surface area (Å²) in [5.41, 5.74) is 10.8. The van der Waals surface area contributed by atoms with Crippen LogP contribution in [0.4, 0.5) is 0 Å². The van der Waals surface area contributed by atoms with E-state index in [1.165, 1.54) is 16.7 Å². The standard InChI is InChI=1S/C21H32N2OS/c1-7-13(4)17-10-16(19-12-25-21(23-19)15(6)22)11-18(14(5)8-2)20(17)24-9-3/h10-15H,7-9,22H2,1-6H3. The van der Waals surface area contributed by atoms with E-state index >= 15 is 0 Å². The van der Waals surface area contributed by atoms with E-state index < -0.39 is 0 Å². The van der Waals surface area contributed by atoms with Gasteiger partial charge in [0.25, 0.3) is 0 Å². The van der Waals surface area contributed by atoms with Gasteiger partial charge in [0.05, 0.1) is 18.3 Å². The number of hydrogen-bond donors (Lipinski definition) is 1. The lowest BCUT2D eigenvalue weighted by Gasteiger charge is -2.23. The first-order valence-electron chi connectivity index (χ1n) is 9.44. The summed E-state index contributed by atoms with van der Waals surface area (Å²) in [5, 5.41) is 3.11. The lowest BCUT2D eigenvalue weighted by Crippen LogP contribution is -2.07. The number of benzene rings is 1. The van der Waals surface area contributed by atoms with Crippen LogP contribution in [0.5, 0.6) is 5.75 Å². The number of nitrogens with zero attached hydrogens (tertiary/aromatic N) is 1. The minimum Gasteiger partial charge on any atom is -0.493 e. The first kappa shape index (κ1) is 19.9. The van der Waals surface area contributed by atoms with Crippen molar-refractivity contribution < 1.29 is 4.74 Å². The number of nitrogens with two attached hydrogens (primary N) is 1. The fourth-order valence-corrected chi connectivity index (χ4v) is 3.72. The normalized spacial score (nSPS) is 15.0. The van der Waals surface area contributed by atoms with Crippen LogP contribution in [-0.4, -0.2) is 11.6 Å². The van der Waals surface area contributed by atoms with Crippen LogP contribution in [0.25, 0.3) is 11.3 Å². The highest BCUT2D eigenvalue weighted by atomic mass is 32.1. The zero-order valence-electron chi connectivity index (χ0n) is 16.4. The summed E-state index contributed by atoms with van der Waals surface area (Å²) in [4.78, 5) is 4.76. The molecule has 0 saturated carbocycles. The molecule has 0 aliphatic heterocycles. The molecule has 1 aromatic heterocycles. The van der Waals surface area contributed by atoms with Gasteiger partial charge in [0, 0.05) is 10.9 Å². The molecule has 4 heteroatoms. The molecule has 2 N–H and O–H groups in total. The summed E-state index contributed by atoms with van der Waals surface area (Å²) < 4.78 is 6.11. The number of aromatic nitrogens is 1. The van der Waals surface area contributed by atoms with Crippen molar-refractivity contribution in [3.05, 3.63) is 33.6 Å². The lowest BCUT2D eigenvalue weighted by molar-refractivity contribution is 0.328. The summed E-state index contributed by atoms with van der Waals surface area (Å²) in [5.74, 6) is 1.99. The van der Waals surface area contributed by atoms with E-state index in [9.17, 15) is 0 Å². The molecule has 0 saturated heterocycles. The molecule has 0 spiro atoms. The van der Waals surface area contributed by atoms with Crippen LogP contribution >= 0.6 is 11.3 Å². The van der Waals surface area contributed by atoms with E-state index in [4.69, 9.17) is 15.5 Å². The third-order valence-electron chi connectivity index (χ3n) is 4.93. The van der Waals surface area contributed by atoms with Crippen LogP contribution < -0.4 is 10.5 Å². The van der Waals surface area contributed by atoms with Crippen molar-refractivity contribution in [1.29, 1.82) is 0 Å². The van der Waals surface area contributed by atoms with E-state index in [-0.39, 0.29) is 6.04 Å². The molecule has 2 aromatic rings. The van der Waals surface area contributed by atoms with Gasteiger partial charge < -0.3 is 10.5 Å². The summed E-state index contributed by atoms with van der Waals surface area (Å²) >= 11 is 1.64. The first-order chi connectivity index (χ1) is 11.9. The molecule has 3 nitrogen and oxygen atoms in total. The third-order valence-corrected chi connectivity index (χ3v) is 5.97. The van der Waals surface area contributed by atoms with Crippen LogP contribution in [0.3, 0.4) is 0 Å². The van der Waals surface area contributed by atoms with E-state index in [2.05, 4.69) is 52.1 Å². The summed E-state index contributed by atoms with van der Waals surface area (Å²) in [7, 11) is 0. The van der Waals surface area contributed by atoms with Crippen LogP contribution in [0, 0.1) is 0 Å². The molecule has 2 rings (SSSR count). The van der Waals surface area contributed by atoms with Gasteiger partial charge in [-0.15, -0.1) is 11.3 Å². The van der Waals surface area contributed by atoms with Crippen LogP contribution in [0.1, 0.15) is 88.4 Å². The second-order valence-corrected chi connectivity index (χ2v) is 7.78. The summed E-state index contributed by atoms with van der Waals surface area (Å²) in [6, 6.07) is 4.51.